The van der Waals surface area contributed by atoms with Crippen LogP contribution in [0.1, 0.15) is 264 Å². The van der Waals surface area contributed by atoms with Gasteiger partial charge in [0.2, 0.25) is 16.6 Å². The number of hydrogen-bond donors (Lipinski definition) is 5. The molecule has 0 unspecified atom stereocenters. The number of carbonyl (C=O) groups excluding carboxylic acids is 9. The summed E-state index contributed by atoms with van der Waals surface area (Å²) in [5.74, 6) is -6.23. The molecule has 36 heteroatoms. The molecular formula is C104H148N2O32Si2. The number of alkyl carbamates (subject to hydrolysis) is 2. The van der Waals surface area contributed by atoms with Crippen molar-refractivity contribution in [2.24, 2.45) is 33.5 Å². The average Bonchev–Trinajstić information content (AvgIpc) is 0.734. The number of fused-ring (bicyclic) bond motifs is 10. The predicted octanol–water partition coefficient (Wildman–Crippen LogP) is 16.0. The minimum Gasteiger partial charge on any atom is -0.497 e. The molecule has 0 radical (unpaired) electrons. The molecule has 2 aromatic heterocycles. The lowest BCUT2D eigenvalue weighted by atomic mass is 9.42. The van der Waals surface area contributed by atoms with Gasteiger partial charge in [0.1, 0.15) is 129 Å². The number of Topliss-reactive ketones (excluding diaryl/α,β-unsaturated/α-hetero) is 1. The zero-order valence-electron chi connectivity index (χ0n) is 87.1. The average molecular weight is 1990 g/mol. The van der Waals surface area contributed by atoms with Gasteiger partial charge in [0.05, 0.1) is 89.7 Å². The second-order valence-electron chi connectivity index (χ2n) is 45.0. The first kappa shape index (κ1) is 108. The molecule has 6 bridgehead atoms. The monoisotopic (exact) mass is 1990 g/mol. The van der Waals surface area contributed by atoms with Crippen LogP contribution in [-0.2, 0) is 89.7 Å². The minimum atomic E-state index is -3.03. The summed E-state index contributed by atoms with van der Waals surface area (Å²) < 4.78 is 125. The summed E-state index contributed by atoms with van der Waals surface area (Å²) in [6.45, 7) is 51.4. The van der Waals surface area contributed by atoms with Crippen molar-refractivity contribution < 1.29 is 152 Å². The number of nitrogens with one attached hydrogen (secondary N) is 2. The standard InChI is InChI=1S/C52H73NO16Si.C52H75NO16Si/c1-26(2)70(27(3)4,28(5)6)69-41(39(34-18-17-21-62-34)53-47(58)68-48(9,10)11)46(57)64-35-24-52(59)44(66-45(56)32-22-31(60-15)19-20-33(32)61-16)42-50(14)36(23-37-51(42,25-63-37)67-30(8)54)65-40(43(50)55)38(29(35)7)49(52,12)13;1-26(2)70(27(3)4,28(5)6)69-41(39(34-18-17-21-62-34)53-47(58)68-48(9,10)11)46(57)64-35-24-52(59)44(66-45(56)32-22-31(60-15)19-20-33(32)61-16)42-50(14)36(23-37-51(42,25-63-37)67-30(8)54)65-43(50)40(55)38(29(35)7)49(52,12)13/h17-22,26-28,35-37,39-42,44,59H,23-25H2,1-16H3,(H,53,58);17-22,26-28,35-37,39-44,55,59H,23-25H2,1-16H3,(H,53,58)/t35-,36+,37+,39-,40-,41+,42-,44-,50+,51-,52+;35-,36+,37+,39-,40+,41+,42-,43-,44-,50+,51-,52+/m00/s1. The molecule has 10 aliphatic rings. The van der Waals surface area contributed by atoms with Crippen molar-refractivity contribution in [1.29, 1.82) is 0 Å². The number of amides is 2. The van der Waals surface area contributed by atoms with E-state index in [0.29, 0.717) is 40.2 Å². The first-order chi connectivity index (χ1) is 65.1. The Morgan fingerprint density at radius 2 is 0.871 bits per heavy atom. The van der Waals surface area contributed by atoms with Gasteiger partial charge < -0.3 is 119 Å². The van der Waals surface area contributed by atoms with Crippen LogP contribution in [0.5, 0.6) is 23.0 Å². The molecule has 2 amide bonds. The number of ketones is 1. The second-order valence-corrected chi connectivity index (χ2v) is 55.8. The van der Waals surface area contributed by atoms with Crippen molar-refractivity contribution in [3.63, 3.8) is 0 Å². The maximum Gasteiger partial charge on any atom is 0.408 e. The number of hydrogen-bond acceptors (Lipinski definition) is 32. The molecule has 4 saturated carbocycles. The van der Waals surface area contributed by atoms with Crippen LogP contribution in [0.2, 0.25) is 33.2 Å². The van der Waals surface area contributed by atoms with Crippen LogP contribution in [0, 0.1) is 33.5 Å². The molecule has 8 fully saturated rings. The van der Waals surface area contributed by atoms with Gasteiger partial charge >= 0.3 is 48.0 Å². The predicted molar refractivity (Wildman–Crippen MR) is 512 cm³/mol. The molecule has 5 N–H and O–H groups in total. The van der Waals surface area contributed by atoms with Crippen molar-refractivity contribution in [3.8, 4) is 23.0 Å². The number of methoxy groups -OCH3 is 4. The van der Waals surface area contributed by atoms with Gasteiger partial charge in [-0.25, -0.2) is 28.8 Å². The van der Waals surface area contributed by atoms with Crippen LogP contribution in [0.4, 0.5) is 9.59 Å². The number of aliphatic hydroxyl groups excluding tert-OH is 1. The Labute approximate surface area is 822 Å². The van der Waals surface area contributed by atoms with E-state index in [1.54, 1.807) is 139 Å². The minimum absolute atomic E-state index is 0.00694. The van der Waals surface area contributed by atoms with Crippen molar-refractivity contribution in [2.75, 3.05) is 41.7 Å². The molecule has 6 aliphatic carbocycles. The largest absolute Gasteiger partial charge is 0.497 e. The highest BCUT2D eigenvalue weighted by atomic mass is 28.4. The summed E-state index contributed by atoms with van der Waals surface area (Å²) in [4.78, 5) is 131. The van der Waals surface area contributed by atoms with E-state index in [1.165, 1.54) is 66.9 Å². The normalized spacial score (nSPS) is 31.4. The van der Waals surface area contributed by atoms with Gasteiger partial charge in [-0.1, -0.05) is 118 Å². The highest BCUT2D eigenvalue weighted by molar-refractivity contribution is 6.78. The highest BCUT2D eigenvalue weighted by Crippen LogP contribution is 2.72. The molecule has 4 aromatic rings. The topological polar surface area (TPSA) is 431 Å². The summed E-state index contributed by atoms with van der Waals surface area (Å²) in [7, 11) is -0.338. The second kappa shape index (κ2) is 39.0. The maximum absolute atomic E-state index is 15.6. The van der Waals surface area contributed by atoms with Gasteiger partial charge in [0.15, 0.2) is 29.2 Å². The van der Waals surface area contributed by atoms with E-state index in [1.807, 2.05) is 6.92 Å². The first-order valence-corrected chi connectivity index (χ1v) is 53.1. The molecule has 0 spiro atoms. The van der Waals surface area contributed by atoms with Crippen LogP contribution in [0.15, 0.2) is 104 Å². The van der Waals surface area contributed by atoms with Crippen molar-refractivity contribution in [1.82, 2.24) is 10.6 Å². The number of carbonyl (C=O) groups is 9. The Balaban J connectivity index is 0.000000236. The summed E-state index contributed by atoms with van der Waals surface area (Å²) in [6.07, 6.45) is -14.6. The van der Waals surface area contributed by atoms with Gasteiger partial charge in [-0.3, -0.25) is 14.4 Å². The van der Waals surface area contributed by atoms with Crippen LogP contribution in [0.3, 0.4) is 0 Å². The third kappa shape index (κ3) is 18.1. The lowest BCUT2D eigenvalue weighted by molar-refractivity contribution is -0.416. The van der Waals surface area contributed by atoms with Gasteiger partial charge in [0, 0.05) is 55.8 Å². The molecule has 774 valence electrons. The van der Waals surface area contributed by atoms with E-state index in [0.717, 1.165) is 0 Å². The molecule has 34 nitrogen and oxygen atoms in total. The first-order valence-electron chi connectivity index (χ1n) is 48.8. The number of esters is 6. The molecule has 4 aliphatic heterocycles. The SMILES string of the molecule is COc1ccc(OC)c(C(=O)O[C@H]2[C@@H]3[C@]4(OC(C)=O)CO[C@@H]4C[C@H]4O[C@@H]([C@H](O)C5=C(C)[C@@H](OC(=O)[C@H](O[Si](C(C)C)(C(C)C)C(C)C)[C@@H](NC(=O)OC(C)(C)C)c6ccco6)C[C@]2(O)C5(C)C)[C@@]34C)c1.COc1ccc(OC)c(C(=O)O[C@H]2[C@@H]3[C@]4(OC(C)=O)CO[C@@H]4C[C@H]4O[C@H](C(=O)[C@@]34C)C3=C(C)[C@@H](OC(=O)[C@H](O[Si](C(C)C)(C(C)C)C(C)C)[C@@H](NC(=O)OC(C)(C)C)c4ccco4)C[C@]2(O)C3(C)C)c1. The van der Waals surface area contributed by atoms with Gasteiger partial charge in [0.25, 0.3) is 0 Å². The molecule has 6 heterocycles. The lowest BCUT2D eigenvalue weighted by Crippen LogP contribution is -2.86. The lowest BCUT2D eigenvalue weighted by Gasteiger charge is -2.74. The molecular weight excluding hydrogens is 1850 g/mol. The van der Waals surface area contributed by atoms with Gasteiger partial charge in [-0.05, 0) is 179 Å². The van der Waals surface area contributed by atoms with Gasteiger partial charge in [-0.15, -0.1) is 0 Å². The van der Waals surface area contributed by atoms with E-state index in [-0.39, 0.29) is 106 Å². The zero-order chi connectivity index (χ0) is 104. The summed E-state index contributed by atoms with van der Waals surface area (Å²) in [6, 6.07) is 13.2. The zero-order valence-corrected chi connectivity index (χ0v) is 89.1. The Morgan fingerprint density at radius 3 is 1.22 bits per heavy atom. The van der Waals surface area contributed by atoms with E-state index < -0.39 is 223 Å². The Kier molecular flexibility index (Phi) is 30.1. The Hall–Kier alpha value is -9.22. The smallest absolute Gasteiger partial charge is 0.408 e. The number of furan rings is 2. The molecule has 2 aromatic carbocycles. The maximum atomic E-state index is 15.6. The van der Waals surface area contributed by atoms with Crippen molar-refractivity contribution in [2.45, 2.75) is 378 Å². The molecule has 23 atom stereocenters. The summed E-state index contributed by atoms with van der Waals surface area (Å²) in [5.41, 5.74) is -13.4. The van der Waals surface area contributed by atoms with Crippen molar-refractivity contribution >= 4 is 70.4 Å². The van der Waals surface area contributed by atoms with Crippen LogP contribution in [0.25, 0.3) is 0 Å². The van der Waals surface area contributed by atoms with Crippen molar-refractivity contribution in [3.05, 3.63) is 118 Å². The summed E-state index contributed by atoms with van der Waals surface area (Å²) in [5, 5.41) is 46.8. The molecule has 140 heavy (non-hydrogen) atoms. The fourth-order valence-electron chi connectivity index (χ4n) is 26.1. The molecule has 4 saturated heterocycles. The number of aliphatic hydroxyl groups is 3. The fourth-order valence-corrected chi connectivity index (χ4v) is 37.0. The van der Waals surface area contributed by atoms with E-state index in [4.69, 9.17) is 93.5 Å². The highest BCUT2D eigenvalue weighted by Gasteiger charge is 2.84. The third-order valence-electron chi connectivity index (χ3n) is 32.5. The number of benzene rings is 2. The molecule has 14 rings (SSSR count). The quantitative estimate of drug-likeness (QED) is 0.0140. The number of rotatable bonds is 30. The van der Waals surface area contributed by atoms with E-state index in [2.05, 4.69) is 93.7 Å². The Bertz CT molecular complexity index is 5330. The van der Waals surface area contributed by atoms with Gasteiger partial charge in [-0.2, -0.15) is 0 Å². The Morgan fingerprint density at radius 1 is 0.493 bits per heavy atom. The van der Waals surface area contributed by atoms with Crippen LogP contribution >= 0.6 is 0 Å². The van der Waals surface area contributed by atoms with Crippen LogP contribution in [-0.4, -0.2) is 240 Å². The van der Waals surface area contributed by atoms with Crippen LogP contribution < -0.4 is 29.6 Å². The number of ether oxygens (including phenoxy) is 16. The summed E-state index contributed by atoms with van der Waals surface area (Å²) >= 11 is 0. The fraction of sp³-hybridized carbons (Fsp3) is 0.683. The third-order valence-corrected chi connectivity index (χ3v) is 44.7. The van der Waals surface area contributed by atoms with E-state index in [9.17, 15) is 44.1 Å². The van der Waals surface area contributed by atoms with E-state index >= 15 is 14.4 Å².